The number of rotatable bonds is 3. The second kappa shape index (κ2) is 8.40. The molecule has 0 saturated carbocycles. The maximum Gasteiger partial charge on any atom is 0.239 e. The molecule has 1 aromatic heterocycles. The number of amides is 1. The zero-order valence-electron chi connectivity index (χ0n) is 11.1. The number of hydrogen-bond donors (Lipinski definition) is 1. The number of likely N-dealkylation sites (tertiary alicyclic amines) is 1. The molecule has 0 spiro atoms. The molecule has 0 bridgehead atoms. The van der Waals surface area contributed by atoms with Crippen LogP contribution < -0.4 is 5.73 Å². The Kier molecular flexibility index (Phi) is 8.06. The predicted molar refractivity (Wildman–Crippen MR) is 79.7 cm³/mol. The van der Waals surface area contributed by atoms with Crippen molar-refractivity contribution in [3.8, 4) is 0 Å². The first kappa shape index (κ1) is 18.2. The number of carbonyl (C=O) groups is 1. The van der Waals surface area contributed by atoms with Crippen LogP contribution in [0.2, 0.25) is 0 Å². The molecule has 2 N–H and O–H groups in total. The van der Waals surface area contributed by atoms with E-state index >= 15 is 0 Å². The van der Waals surface area contributed by atoms with Crippen LogP contribution in [0.3, 0.4) is 0 Å². The first-order valence-electron chi connectivity index (χ1n) is 6.18. The molecule has 2 rings (SSSR count). The summed E-state index contributed by atoms with van der Waals surface area (Å²) in [6.07, 6.45) is 5.87. The molecule has 1 aromatic rings. The topological polar surface area (TPSA) is 64.2 Å². The summed E-state index contributed by atoms with van der Waals surface area (Å²) >= 11 is 0. The van der Waals surface area contributed by atoms with Gasteiger partial charge in [0.05, 0.1) is 6.04 Å². The molecule has 2 heterocycles. The largest absolute Gasteiger partial charge is 0.341 e. The zero-order chi connectivity index (χ0) is 12.3. The second-order valence-corrected chi connectivity index (χ2v) is 4.79. The molecule has 5 nitrogen and oxygen atoms in total. The van der Waals surface area contributed by atoms with Gasteiger partial charge in [0.1, 0.15) is 0 Å². The van der Waals surface area contributed by atoms with E-state index in [0.29, 0.717) is 5.92 Å². The van der Waals surface area contributed by atoms with Crippen LogP contribution in [-0.4, -0.2) is 39.7 Å². The van der Waals surface area contributed by atoms with Gasteiger partial charge in [-0.25, -0.2) is 0 Å². The van der Waals surface area contributed by atoms with Crippen molar-refractivity contribution in [2.45, 2.75) is 32.4 Å². The van der Waals surface area contributed by atoms with Crippen molar-refractivity contribution >= 4 is 30.7 Å². The van der Waals surface area contributed by atoms with Gasteiger partial charge in [0.2, 0.25) is 5.91 Å². The Morgan fingerprint density at radius 2 is 2.05 bits per heavy atom. The lowest BCUT2D eigenvalue weighted by Gasteiger charge is -2.32. The van der Waals surface area contributed by atoms with Crippen LogP contribution in [0.5, 0.6) is 0 Å². The van der Waals surface area contributed by atoms with Gasteiger partial charge < -0.3 is 10.6 Å². The minimum atomic E-state index is -0.377. The molecule has 0 unspecified atom stereocenters. The maximum atomic E-state index is 11.7. The highest BCUT2D eigenvalue weighted by Crippen LogP contribution is 2.19. The quantitative estimate of drug-likeness (QED) is 0.916. The summed E-state index contributed by atoms with van der Waals surface area (Å²) in [5.74, 6) is 0.689. The first-order chi connectivity index (χ1) is 8.16. The van der Waals surface area contributed by atoms with Crippen molar-refractivity contribution < 1.29 is 4.79 Å². The normalized spacial score (nSPS) is 17.3. The fourth-order valence-electron chi connectivity index (χ4n) is 2.30. The lowest BCUT2D eigenvalue weighted by molar-refractivity contribution is -0.133. The number of carbonyl (C=O) groups excluding carboxylic acids is 1. The van der Waals surface area contributed by atoms with Crippen LogP contribution in [0.1, 0.15) is 19.8 Å². The Hall–Kier alpha value is -0.780. The van der Waals surface area contributed by atoms with E-state index in [4.69, 9.17) is 5.73 Å². The SMILES string of the molecule is C[C@@H](N)C(=O)N1CCC(Cn2cccn2)CC1.Cl.Cl. The van der Waals surface area contributed by atoms with Crippen LogP contribution in [0.15, 0.2) is 18.5 Å². The van der Waals surface area contributed by atoms with E-state index in [0.717, 1.165) is 32.5 Å². The number of piperidine rings is 1. The minimum absolute atomic E-state index is 0. The third-order valence-electron chi connectivity index (χ3n) is 3.32. The summed E-state index contributed by atoms with van der Waals surface area (Å²) in [7, 11) is 0. The zero-order valence-corrected chi connectivity index (χ0v) is 12.7. The number of nitrogens with zero attached hydrogens (tertiary/aromatic N) is 3. The molecular formula is C12H22Cl2N4O. The molecule has 1 fully saturated rings. The standard InChI is InChI=1S/C12H20N4O.2ClH/c1-10(13)12(17)15-7-3-11(4-8-15)9-16-6-2-5-14-16;;/h2,5-6,10-11H,3-4,7-9,13H2,1H3;2*1H/t10-;;/m1../s1. The van der Waals surface area contributed by atoms with E-state index in [1.165, 1.54) is 0 Å². The van der Waals surface area contributed by atoms with E-state index in [2.05, 4.69) is 5.10 Å². The highest BCUT2D eigenvalue weighted by molar-refractivity contribution is 5.85. The lowest BCUT2D eigenvalue weighted by Crippen LogP contribution is -2.46. The van der Waals surface area contributed by atoms with E-state index in [1.807, 2.05) is 21.8 Å². The van der Waals surface area contributed by atoms with Gasteiger partial charge in [0.15, 0.2) is 0 Å². The van der Waals surface area contributed by atoms with E-state index in [1.54, 1.807) is 13.1 Å². The molecule has 7 heteroatoms. The van der Waals surface area contributed by atoms with Gasteiger partial charge in [-0.2, -0.15) is 5.10 Å². The lowest BCUT2D eigenvalue weighted by atomic mass is 9.96. The Bertz CT molecular complexity index is 362. The maximum absolute atomic E-state index is 11.7. The highest BCUT2D eigenvalue weighted by atomic mass is 35.5. The number of hydrogen-bond acceptors (Lipinski definition) is 3. The van der Waals surface area contributed by atoms with Crippen LogP contribution >= 0.6 is 24.8 Å². The Balaban J connectivity index is 0.00000162. The highest BCUT2D eigenvalue weighted by Gasteiger charge is 2.24. The van der Waals surface area contributed by atoms with E-state index in [9.17, 15) is 4.79 Å². The molecule has 19 heavy (non-hydrogen) atoms. The van der Waals surface area contributed by atoms with Gasteiger partial charge in [-0.05, 0) is 31.7 Å². The summed E-state index contributed by atoms with van der Waals surface area (Å²) in [5.41, 5.74) is 5.61. The van der Waals surface area contributed by atoms with Gasteiger partial charge in [0, 0.05) is 32.0 Å². The summed E-state index contributed by atoms with van der Waals surface area (Å²) in [6, 6.07) is 1.56. The van der Waals surface area contributed by atoms with Crippen LogP contribution in [0, 0.1) is 5.92 Å². The van der Waals surface area contributed by atoms with E-state index < -0.39 is 0 Å². The van der Waals surface area contributed by atoms with Crippen molar-refractivity contribution in [2.24, 2.45) is 11.7 Å². The smallest absolute Gasteiger partial charge is 0.239 e. The third kappa shape index (κ3) is 5.01. The molecule has 1 aliphatic rings. The molecule has 0 aliphatic carbocycles. The van der Waals surface area contributed by atoms with Gasteiger partial charge in [-0.1, -0.05) is 0 Å². The van der Waals surface area contributed by atoms with Crippen molar-refractivity contribution in [1.29, 1.82) is 0 Å². The average Bonchev–Trinajstić information content (AvgIpc) is 2.82. The minimum Gasteiger partial charge on any atom is -0.341 e. The van der Waals surface area contributed by atoms with E-state index in [-0.39, 0.29) is 36.8 Å². The van der Waals surface area contributed by atoms with Crippen molar-refractivity contribution in [1.82, 2.24) is 14.7 Å². The molecule has 1 saturated heterocycles. The monoisotopic (exact) mass is 308 g/mol. The van der Waals surface area contributed by atoms with Gasteiger partial charge in [-0.3, -0.25) is 9.48 Å². The fourth-order valence-corrected chi connectivity index (χ4v) is 2.30. The average molecular weight is 309 g/mol. The molecule has 1 atom stereocenters. The molecule has 1 amide bonds. The number of aromatic nitrogens is 2. The summed E-state index contributed by atoms with van der Waals surface area (Å²) in [4.78, 5) is 13.6. The Morgan fingerprint density at radius 3 is 2.53 bits per heavy atom. The second-order valence-electron chi connectivity index (χ2n) is 4.79. The van der Waals surface area contributed by atoms with Crippen LogP contribution in [0.4, 0.5) is 0 Å². The number of halogens is 2. The first-order valence-corrected chi connectivity index (χ1v) is 6.18. The number of nitrogens with two attached hydrogens (primary N) is 1. The van der Waals surface area contributed by atoms with Crippen molar-refractivity contribution in [3.05, 3.63) is 18.5 Å². The predicted octanol–water partition coefficient (Wildman–Crippen LogP) is 1.31. The fraction of sp³-hybridized carbons (Fsp3) is 0.667. The molecule has 0 aromatic carbocycles. The Labute approximate surface area is 126 Å². The molecule has 0 radical (unpaired) electrons. The van der Waals surface area contributed by atoms with Gasteiger partial charge >= 0.3 is 0 Å². The molecular weight excluding hydrogens is 287 g/mol. The van der Waals surface area contributed by atoms with Crippen molar-refractivity contribution in [2.75, 3.05) is 13.1 Å². The van der Waals surface area contributed by atoms with Crippen LogP contribution in [0.25, 0.3) is 0 Å². The van der Waals surface area contributed by atoms with Crippen molar-refractivity contribution in [3.63, 3.8) is 0 Å². The summed E-state index contributed by atoms with van der Waals surface area (Å²) in [6.45, 7) is 4.35. The van der Waals surface area contributed by atoms with Crippen LogP contribution in [-0.2, 0) is 11.3 Å². The third-order valence-corrected chi connectivity index (χ3v) is 3.32. The molecule has 110 valence electrons. The van der Waals surface area contributed by atoms with Gasteiger partial charge in [-0.15, -0.1) is 24.8 Å². The summed E-state index contributed by atoms with van der Waals surface area (Å²) < 4.78 is 1.97. The summed E-state index contributed by atoms with van der Waals surface area (Å²) in [5, 5.41) is 4.21. The molecule has 1 aliphatic heterocycles. The van der Waals surface area contributed by atoms with Gasteiger partial charge in [0.25, 0.3) is 0 Å². The Morgan fingerprint density at radius 1 is 1.42 bits per heavy atom.